The normalized spacial score (nSPS) is 10.7. The molecule has 3 heteroatoms. The summed E-state index contributed by atoms with van der Waals surface area (Å²) >= 11 is 0. The van der Waals surface area contributed by atoms with Crippen LogP contribution in [0.15, 0.2) is 85.2 Å². The Morgan fingerprint density at radius 2 is 1.71 bits per heavy atom. The van der Waals surface area contributed by atoms with Gasteiger partial charge in [-0.15, -0.1) is 0 Å². The molecule has 1 N–H and O–H groups in total. The van der Waals surface area contributed by atoms with Crippen LogP contribution in [-0.2, 0) is 0 Å². The molecule has 1 aromatic carbocycles. The Balaban J connectivity index is 0.00000139. The molecule has 0 saturated carbocycles. The first kappa shape index (κ1) is 19.1. The maximum absolute atomic E-state index is 12.0. The molecule has 1 heterocycles. The number of amides is 1. The van der Waals surface area contributed by atoms with Crippen molar-refractivity contribution in [3.05, 3.63) is 96.5 Å². The third-order valence-electron chi connectivity index (χ3n) is 3.05. The topological polar surface area (TPSA) is 42.0 Å². The van der Waals surface area contributed by atoms with E-state index in [-0.39, 0.29) is 5.91 Å². The number of nitrogens with zero attached hydrogens (tertiary/aromatic N) is 1. The standard InChI is InChI=1S/C19H18N2O.C2H6/c1-3-16(18-11-7-8-14-20-18)13-12-15(2)21-19(22)17-9-5-4-6-10-17;1-2/h3-14H,2H2,1H3,(H,21,22);1-2H3/b13-12-,16-3+;. The third-order valence-corrected chi connectivity index (χ3v) is 3.05. The first-order chi connectivity index (χ1) is 11.7. The lowest BCUT2D eigenvalue weighted by Gasteiger charge is -2.05. The molecule has 0 aliphatic carbocycles. The van der Waals surface area contributed by atoms with Gasteiger partial charge in [0.05, 0.1) is 5.69 Å². The van der Waals surface area contributed by atoms with Gasteiger partial charge < -0.3 is 5.32 Å². The second kappa shape index (κ2) is 10.7. The smallest absolute Gasteiger partial charge is 0.255 e. The molecule has 0 bridgehead atoms. The highest BCUT2D eigenvalue weighted by atomic mass is 16.1. The Bertz CT molecular complexity index is 701. The van der Waals surface area contributed by atoms with E-state index in [1.165, 1.54) is 0 Å². The van der Waals surface area contributed by atoms with Gasteiger partial charge in [0.2, 0.25) is 0 Å². The van der Waals surface area contributed by atoms with Crippen molar-refractivity contribution in [3.8, 4) is 0 Å². The van der Waals surface area contributed by atoms with Crippen LogP contribution in [0.25, 0.3) is 5.57 Å². The Hall–Kier alpha value is -2.94. The van der Waals surface area contributed by atoms with Crippen molar-refractivity contribution in [2.24, 2.45) is 0 Å². The minimum absolute atomic E-state index is 0.171. The summed E-state index contributed by atoms with van der Waals surface area (Å²) in [5.41, 5.74) is 2.98. The number of benzene rings is 1. The Morgan fingerprint density at radius 1 is 1.04 bits per heavy atom. The van der Waals surface area contributed by atoms with Crippen molar-refractivity contribution < 1.29 is 4.79 Å². The van der Waals surface area contributed by atoms with Crippen molar-refractivity contribution in [1.82, 2.24) is 10.3 Å². The van der Waals surface area contributed by atoms with Crippen molar-refractivity contribution >= 4 is 11.5 Å². The molecule has 0 fully saturated rings. The fourth-order valence-electron chi connectivity index (χ4n) is 1.90. The van der Waals surface area contributed by atoms with Crippen molar-refractivity contribution in [2.75, 3.05) is 0 Å². The number of nitrogens with one attached hydrogen (secondary N) is 1. The predicted molar refractivity (Wildman–Crippen MR) is 101 cm³/mol. The van der Waals surface area contributed by atoms with E-state index in [2.05, 4.69) is 16.9 Å². The summed E-state index contributed by atoms with van der Waals surface area (Å²) in [5, 5.41) is 2.76. The summed E-state index contributed by atoms with van der Waals surface area (Å²) in [6.07, 6.45) is 7.37. The first-order valence-corrected chi connectivity index (χ1v) is 8.02. The Kier molecular flexibility index (Phi) is 8.54. The van der Waals surface area contributed by atoms with Crippen molar-refractivity contribution in [1.29, 1.82) is 0 Å². The molecule has 1 aromatic heterocycles. The maximum Gasteiger partial charge on any atom is 0.255 e. The van der Waals surface area contributed by atoms with Crippen LogP contribution < -0.4 is 5.32 Å². The molecule has 2 rings (SSSR count). The van der Waals surface area contributed by atoms with Crippen LogP contribution in [0.1, 0.15) is 36.8 Å². The van der Waals surface area contributed by atoms with Crippen LogP contribution in [0.5, 0.6) is 0 Å². The number of rotatable bonds is 5. The number of carbonyl (C=O) groups is 1. The lowest BCUT2D eigenvalue weighted by Crippen LogP contribution is -2.21. The van der Waals surface area contributed by atoms with Gasteiger partial charge >= 0.3 is 0 Å². The van der Waals surface area contributed by atoms with Gasteiger partial charge in [-0.2, -0.15) is 0 Å². The summed E-state index contributed by atoms with van der Waals surface area (Å²) in [7, 11) is 0. The number of carbonyl (C=O) groups excluding carboxylic acids is 1. The van der Waals surface area contributed by atoms with E-state index in [0.717, 1.165) is 11.3 Å². The highest BCUT2D eigenvalue weighted by Crippen LogP contribution is 2.13. The van der Waals surface area contributed by atoms with E-state index >= 15 is 0 Å². The summed E-state index contributed by atoms with van der Waals surface area (Å²) in [6.45, 7) is 9.80. The molecular weight excluding hydrogens is 296 g/mol. The largest absolute Gasteiger partial charge is 0.323 e. The van der Waals surface area contributed by atoms with Crippen LogP contribution in [0.2, 0.25) is 0 Å². The van der Waals surface area contributed by atoms with Gasteiger partial charge in [-0.3, -0.25) is 9.78 Å². The van der Waals surface area contributed by atoms with Crippen LogP contribution >= 0.6 is 0 Å². The number of pyridine rings is 1. The Morgan fingerprint density at radius 3 is 2.29 bits per heavy atom. The van der Waals surface area contributed by atoms with Gasteiger partial charge in [-0.1, -0.05) is 56.8 Å². The van der Waals surface area contributed by atoms with E-state index in [1.807, 2.05) is 69.3 Å². The molecule has 24 heavy (non-hydrogen) atoms. The predicted octanol–water partition coefficient (Wildman–Crippen LogP) is 5.01. The highest BCUT2D eigenvalue weighted by Gasteiger charge is 2.04. The molecule has 0 saturated heterocycles. The summed E-state index contributed by atoms with van der Waals surface area (Å²) in [6, 6.07) is 14.8. The first-order valence-electron chi connectivity index (χ1n) is 8.02. The molecule has 0 atom stereocenters. The molecule has 0 unspecified atom stereocenters. The molecule has 0 radical (unpaired) electrons. The number of allylic oxidation sites excluding steroid dienone is 4. The average molecular weight is 320 g/mol. The average Bonchev–Trinajstić information content (AvgIpc) is 2.65. The van der Waals surface area contributed by atoms with Gasteiger partial charge in [0, 0.05) is 17.5 Å². The summed E-state index contributed by atoms with van der Waals surface area (Å²) < 4.78 is 0. The quantitative estimate of drug-likeness (QED) is 0.787. The molecule has 0 aliphatic rings. The molecule has 0 aliphatic heterocycles. The van der Waals surface area contributed by atoms with Crippen molar-refractivity contribution in [3.63, 3.8) is 0 Å². The van der Waals surface area contributed by atoms with Crippen LogP contribution in [0, 0.1) is 0 Å². The number of hydrogen-bond acceptors (Lipinski definition) is 2. The second-order valence-electron chi connectivity index (χ2n) is 4.64. The van der Waals surface area contributed by atoms with Gasteiger partial charge in [0.25, 0.3) is 5.91 Å². The minimum Gasteiger partial charge on any atom is -0.323 e. The van der Waals surface area contributed by atoms with Crippen LogP contribution in [0.3, 0.4) is 0 Å². The number of aromatic nitrogens is 1. The molecule has 124 valence electrons. The third kappa shape index (κ3) is 6.05. The highest BCUT2D eigenvalue weighted by molar-refractivity contribution is 5.95. The number of hydrogen-bond donors (Lipinski definition) is 1. The monoisotopic (exact) mass is 320 g/mol. The van der Waals surface area contributed by atoms with E-state index in [4.69, 9.17) is 0 Å². The molecular formula is C21H24N2O. The second-order valence-corrected chi connectivity index (χ2v) is 4.64. The van der Waals surface area contributed by atoms with E-state index in [0.29, 0.717) is 11.3 Å². The summed E-state index contributed by atoms with van der Waals surface area (Å²) in [4.78, 5) is 16.3. The zero-order valence-electron chi connectivity index (χ0n) is 14.5. The van der Waals surface area contributed by atoms with Gasteiger partial charge in [0.15, 0.2) is 0 Å². The summed E-state index contributed by atoms with van der Waals surface area (Å²) in [5.74, 6) is -0.171. The van der Waals surface area contributed by atoms with Crippen molar-refractivity contribution in [2.45, 2.75) is 20.8 Å². The Labute approximate surface area is 144 Å². The molecule has 1 amide bonds. The van der Waals surface area contributed by atoms with E-state index in [9.17, 15) is 4.79 Å². The van der Waals surface area contributed by atoms with Gasteiger partial charge in [-0.05, 0) is 42.8 Å². The minimum atomic E-state index is -0.171. The van der Waals surface area contributed by atoms with Gasteiger partial charge in [0.1, 0.15) is 0 Å². The lowest BCUT2D eigenvalue weighted by atomic mass is 10.1. The molecule has 0 spiro atoms. The lowest BCUT2D eigenvalue weighted by molar-refractivity contribution is 0.0967. The van der Waals surface area contributed by atoms with Crippen LogP contribution in [0.4, 0.5) is 0 Å². The maximum atomic E-state index is 12.0. The zero-order valence-corrected chi connectivity index (χ0v) is 14.5. The fraction of sp³-hybridized carbons (Fsp3) is 0.143. The zero-order chi connectivity index (χ0) is 17.8. The van der Waals surface area contributed by atoms with E-state index in [1.54, 1.807) is 24.4 Å². The molecule has 2 aromatic rings. The van der Waals surface area contributed by atoms with E-state index < -0.39 is 0 Å². The van der Waals surface area contributed by atoms with Crippen LogP contribution in [-0.4, -0.2) is 10.9 Å². The SMILES string of the molecule is C=C(/C=C\C(=C/C)c1ccccn1)NC(=O)c1ccccc1.CC. The fourth-order valence-corrected chi connectivity index (χ4v) is 1.90. The molecule has 3 nitrogen and oxygen atoms in total. The van der Waals surface area contributed by atoms with Gasteiger partial charge in [-0.25, -0.2) is 0 Å².